The van der Waals surface area contributed by atoms with E-state index in [1.165, 1.54) is 0 Å². The van der Waals surface area contributed by atoms with Crippen LogP contribution in [-0.4, -0.2) is 34.2 Å². The summed E-state index contributed by atoms with van der Waals surface area (Å²) < 4.78 is 12.4. The third-order valence-electron chi connectivity index (χ3n) is 3.52. The summed E-state index contributed by atoms with van der Waals surface area (Å²) in [5, 5.41) is 2.75. The molecule has 0 fully saturated rings. The van der Waals surface area contributed by atoms with E-state index in [9.17, 15) is 4.79 Å². The number of pyridine rings is 1. The first kappa shape index (κ1) is 16.5. The summed E-state index contributed by atoms with van der Waals surface area (Å²) in [6, 6.07) is 10.7. The molecule has 0 bridgehead atoms. The van der Waals surface area contributed by atoms with E-state index in [1.807, 2.05) is 29.8 Å². The molecular weight excluding hydrogens is 320 g/mol. The van der Waals surface area contributed by atoms with Crippen molar-refractivity contribution in [2.75, 3.05) is 19.0 Å². The van der Waals surface area contributed by atoms with E-state index in [0.717, 1.165) is 11.6 Å². The van der Waals surface area contributed by atoms with E-state index in [-0.39, 0.29) is 12.5 Å². The van der Waals surface area contributed by atoms with Gasteiger partial charge in [-0.1, -0.05) is 6.07 Å². The predicted octanol–water partition coefficient (Wildman–Crippen LogP) is 2.60. The van der Waals surface area contributed by atoms with Gasteiger partial charge >= 0.3 is 0 Å². The number of amides is 1. The first-order valence-electron chi connectivity index (χ1n) is 7.69. The van der Waals surface area contributed by atoms with E-state index in [4.69, 9.17) is 9.47 Å². The fraction of sp³-hybridized carbons (Fsp3) is 0.167. The van der Waals surface area contributed by atoms with Crippen LogP contribution < -0.4 is 14.8 Å². The highest BCUT2D eigenvalue weighted by atomic mass is 16.5. The number of nitrogens with zero attached hydrogens (tertiary/aromatic N) is 3. The van der Waals surface area contributed by atoms with Crippen molar-refractivity contribution in [2.45, 2.75) is 6.92 Å². The van der Waals surface area contributed by atoms with Crippen molar-refractivity contribution in [3.63, 3.8) is 0 Å². The van der Waals surface area contributed by atoms with Gasteiger partial charge in [-0.2, -0.15) is 0 Å². The van der Waals surface area contributed by atoms with Crippen LogP contribution in [0.15, 0.2) is 55.0 Å². The number of ether oxygens (including phenoxy) is 2. The molecule has 7 nitrogen and oxygen atoms in total. The third-order valence-corrected chi connectivity index (χ3v) is 3.52. The number of benzene rings is 1. The second-order valence-corrected chi connectivity index (χ2v) is 5.27. The summed E-state index contributed by atoms with van der Waals surface area (Å²) in [5.41, 5.74) is 0.598. The maximum atomic E-state index is 12.0. The standard InChI is InChI=1S/C18H18N4O3/c1-13-19-8-9-22(13)17-7-6-14(11-20-17)21-18(23)12-25-16-5-3-4-15(10-16)24-2/h3-11H,12H2,1-2H3,(H,21,23). The van der Waals surface area contributed by atoms with E-state index in [0.29, 0.717) is 17.2 Å². The number of aryl methyl sites for hydroxylation is 1. The summed E-state index contributed by atoms with van der Waals surface area (Å²) in [4.78, 5) is 20.5. The highest BCUT2D eigenvalue weighted by Crippen LogP contribution is 2.18. The van der Waals surface area contributed by atoms with Crippen molar-refractivity contribution < 1.29 is 14.3 Å². The largest absolute Gasteiger partial charge is 0.497 e. The van der Waals surface area contributed by atoms with Crippen molar-refractivity contribution in [3.8, 4) is 17.3 Å². The highest BCUT2D eigenvalue weighted by molar-refractivity contribution is 5.91. The fourth-order valence-electron chi connectivity index (χ4n) is 2.26. The van der Waals surface area contributed by atoms with Gasteiger partial charge in [-0.25, -0.2) is 9.97 Å². The normalized spacial score (nSPS) is 10.3. The van der Waals surface area contributed by atoms with Gasteiger partial charge in [0, 0.05) is 18.5 Å². The zero-order chi connectivity index (χ0) is 17.6. The number of hydrogen-bond donors (Lipinski definition) is 1. The lowest BCUT2D eigenvalue weighted by molar-refractivity contribution is -0.118. The number of hydrogen-bond acceptors (Lipinski definition) is 5. The molecule has 3 aromatic rings. The number of carbonyl (C=O) groups is 1. The van der Waals surface area contributed by atoms with Gasteiger partial charge in [-0.15, -0.1) is 0 Å². The molecule has 25 heavy (non-hydrogen) atoms. The summed E-state index contributed by atoms with van der Waals surface area (Å²) >= 11 is 0. The molecule has 0 saturated carbocycles. The molecule has 7 heteroatoms. The number of carbonyl (C=O) groups excluding carboxylic acids is 1. The summed E-state index contributed by atoms with van der Waals surface area (Å²) in [5.74, 6) is 2.55. The molecule has 0 spiro atoms. The van der Waals surface area contributed by atoms with Gasteiger partial charge in [-0.05, 0) is 31.2 Å². The van der Waals surface area contributed by atoms with Crippen LogP contribution in [0.5, 0.6) is 11.5 Å². The molecule has 1 aromatic carbocycles. The minimum Gasteiger partial charge on any atom is -0.497 e. The van der Waals surface area contributed by atoms with Gasteiger partial charge in [0.25, 0.3) is 5.91 Å². The second-order valence-electron chi connectivity index (χ2n) is 5.27. The number of anilines is 1. The van der Waals surface area contributed by atoms with E-state index in [2.05, 4.69) is 15.3 Å². The zero-order valence-corrected chi connectivity index (χ0v) is 14.0. The smallest absolute Gasteiger partial charge is 0.262 e. The monoisotopic (exact) mass is 338 g/mol. The Morgan fingerprint density at radius 3 is 2.72 bits per heavy atom. The van der Waals surface area contributed by atoms with Gasteiger partial charge in [0.1, 0.15) is 23.1 Å². The second kappa shape index (κ2) is 7.48. The van der Waals surface area contributed by atoms with Crippen LogP contribution in [0.4, 0.5) is 5.69 Å². The van der Waals surface area contributed by atoms with Gasteiger partial charge in [-0.3, -0.25) is 9.36 Å². The average Bonchev–Trinajstić information content (AvgIpc) is 3.07. The lowest BCUT2D eigenvalue weighted by Crippen LogP contribution is -2.20. The Bertz CT molecular complexity index is 859. The van der Waals surface area contributed by atoms with Crippen LogP contribution in [0.3, 0.4) is 0 Å². The van der Waals surface area contributed by atoms with Crippen molar-refractivity contribution in [3.05, 3.63) is 60.8 Å². The lowest BCUT2D eigenvalue weighted by atomic mass is 10.3. The molecule has 128 valence electrons. The van der Waals surface area contributed by atoms with Gasteiger partial charge in [0.05, 0.1) is 19.0 Å². The van der Waals surface area contributed by atoms with E-state index in [1.54, 1.807) is 43.8 Å². The van der Waals surface area contributed by atoms with Gasteiger partial charge in [0.15, 0.2) is 6.61 Å². The number of aromatic nitrogens is 3. The molecular formula is C18H18N4O3. The highest BCUT2D eigenvalue weighted by Gasteiger charge is 2.06. The minimum absolute atomic E-state index is 0.102. The summed E-state index contributed by atoms with van der Waals surface area (Å²) in [7, 11) is 1.58. The predicted molar refractivity (Wildman–Crippen MR) is 93.2 cm³/mol. The van der Waals surface area contributed by atoms with Crippen molar-refractivity contribution in [2.24, 2.45) is 0 Å². The Balaban J connectivity index is 1.56. The molecule has 2 heterocycles. The van der Waals surface area contributed by atoms with Crippen molar-refractivity contribution in [1.29, 1.82) is 0 Å². The first-order chi connectivity index (χ1) is 12.2. The molecule has 0 saturated heterocycles. The molecule has 2 aromatic heterocycles. The number of methoxy groups -OCH3 is 1. The summed E-state index contributed by atoms with van der Waals surface area (Å²) in [6.45, 7) is 1.79. The van der Waals surface area contributed by atoms with E-state index < -0.39 is 0 Å². The average molecular weight is 338 g/mol. The van der Waals surface area contributed by atoms with Crippen LogP contribution in [0, 0.1) is 6.92 Å². The molecule has 0 atom stereocenters. The minimum atomic E-state index is -0.267. The fourth-order valence-corrected chi connectivity index (χ4v) is 2.26. The number of nitrogens with one attached hydrogen (secondary N) is 1. The molecule has 1 amide bonds. The maximum absolute atomic E-state index is 12.0. The Morgan fingerprint density at radius 1 is 1.20 bits per heavy atom. The van der Waals surface area contributed by atoms with Crippen molar-refractivity contribution in [1.82, 2.24) is 14.5 Å². The Morgan fingerprint density at radius 2 is 2.04 bits per heavy atom. The molecule has 0 radical (unpaired) electrons. The Hall–Kier alpha value is -3.35. The van der Waals surface area contributed by atoms with Crippen LogP contribution >= 0.6 is 0 Å². The topological polar surface area (TPSA) is 78.3 Å². The van der Waals surface area contributed by atoms with Crippen molar-refractivity contribution >= 4 is 11.6 Å². The van der Waals surface area contributed by atoms with Gasteiger partial charge < -0.3 is 14.8 Å². The zero-order valence-electron chi connectivity index (χ0n) is 14.0. The van der Waals surface area contributed by atoms with Crippen LogP contribution in [0.2, 0.25) is 0 Å². The van der Waals surface area contributed by atoms with Crippen LogP contribution in [-0.2, 0) is 4.79 Å². The van der Waals surface area contributed by atoms with Crippen LogP contribution in [0.1, 0.15) is 5.82 Å². The molecule has 0 unspecified atom stereocenters. The maximum Gasteiger partial charge on any atom is 0.262 e. The third kappa shape index (κ3) is 4.14. The van der Waals surface area contributed by atoms with E-state index >= 15 is 0 Å². The summed E-state index contributed by atoms with van der Waals surface area (Å²) in [6.07, 6.45) is 5.14. The molecule has 0 aliphatic rings. The SMILES string of the molecule is COc1cccc(OCC(=O)Nc2ccc(-n3ccnc3C)nc2)c1. The van der Waals surface area contributed by atoms with Gasteiger partial charge in [0.2, 0.25) is 0 Å². The van der Waals surface area contributed by atoms with Crippen LogP contribution in [0.25, 0.3) is 5.82 Å². The number of rotatable bonds is 6. The first-order valence-corrected chi connectivity index (χ1v) is 7.69. The Labute approximate surface area is 145 Å². The quantitative estimate of drug-likeness (QED) is 0.747. The molecule has 0 aliphatic heterocycles. The molecule has 1 N–H and O–H groups in total. The lowest BCUT2D eigenvalue weighted by Gasteiger charge is -2.09. The number of imidazole rings is 1. The molecule has 3 rings (SSSR count). The Kier molecular flexibility index (Phi) is 4.94. The molecule has 0 aliphatic carbocycles.